The highest BCUT2D eigenvalue weighted by Gasteiger charge is 2.22. The lowest BCUT2D eigenvalue weighted by Crippen LogP contribution is -2.40. The van der Waals surface area contributed by atoms with E-state index in [-0.39, 0.29) is 11.5 Å². The first kappa shape index (κ1) is 18.8. The average Bonchev–Trinajstić information content (AvgIpc) is 3.17. The van der Waals surface area contributed by atoms with E-state index in [1.807, 2.05) is 24.3 Å². The van der Waals surface area contributed by atoms with Crippen molar-refractivity contribution in [2.75, 3.05) is 36.6 Å². The number of rotatable bonds is 4. The maximum atomic E-state index is 14.2. The van der Waals surface area contributed by atoms with Crippen LogP contribution in [0.1, 0.15) is 0 Å². The number of ether oxygens (including phenoxy) is 1. The van der Waals surface area contributed by atoms with Gasteiger partial charge in [0.25, 0.3) is 0 Å². The molecular formula is C19H18FN3O3S2. The molecule has 1 aliphatic heterocycles. The lowest BCUT2D eigenvalue weighted by Gasteiger charge is -2.28. The summed E-state index contributed by atoms with van der Waals surface area (Å²) in [5, 5.41) is 0.525. The summed E-state index contributed by atoms with van der Waals surface area (Å²) < 4.78 is 42.6. The van der Waals surface area contributed by atoms with Gasteiger partial charge < -0.3 is 9.64 Å². The molecule has 0 amide bonds. The van der Waals surface area contributed by atoms with Crippen LogP contribution < -0.4 is 9.64 Å². The third-order valence-electron chi connectivity index (χ3n) is 4.67. The smallest absolute Gasteiger partial charge is 0.155 e. The summed E-state index contributed by atoms with van der Waals surface area (Å²) >= 11 is 1.37. The number of sulfone groups is 1. The number of benzene rings is 1. The second kappa shape index (κ2) is 7.48. The van der Waals surface area contributed by atoms with Crippen molar-refractivity contribution in [3.8, 4) is 26.8 Å². The van der Waals surface area contributed by atoms with Crippen LogP contribution in [0, 0.1) is 5.82 Å². The van der Waals surface area contributed by atoms with Gasteiger partial charge in [-0.25, -0.2) is 17.8 Å². The minimum absolute atomic E-state index is 0.187. The average molecular weight is 420 g/mol. The molecule has 1 aliphatic rings. The van der Waals surface area contributed by atoms with Crippen molar-refractivity contribution < 1.29 is 17.5 Å². The Hall–Kier alpha value is -2.52. The van der Waals surface area contributed by atoms with Crippen molar-refractivity contribution >= 4 is 26.9 Å². The summed E-state index contributed by atoms with van der Waals surface area (Å²) in [5.74, 6) is 0.241. The van der Waals surface area contributed by atoms with E-state index < -0.39 is 15.7 Å². The number of thiazole rings is 1. The van der Waals surface area contributed by atoms with Crippen molar-refractivity contribution in [3.63, 3.8) is 0 Å². The molecule has 0 radical (unpaired) electrons. The molecule has 0 bridgehead atoms. The molecular weight excluding hydrogens is 401 g/mol. The molecule has 4 rings (SSSR count). The molecule has 1 aromatic carbocycles. The van der Waals surface area contributed by atoms with E-state index in [0.717, 1.165) is 22.3 Å². The van der Waals surface area contributed by atoms with Crippen LogP contribution in [0.5, 0.6) is 5.75 Å². The molecule has 146 valence electrons. The van der Waals surface area contributed by atoms with Crippen LogP contribution in [0.4, 0.5) is 10.1 Å². The standard InChI is InChI=1S/C19H18FN3O3S2/c1-26-16-11-21-10-15(20)18(16)19-22-12-17(27-19)13-2-4-14(5-3-13)23-6-8-28(24,25)9-7-23/h2-5,10-12H,6-9H2,1H3. The van der Waals surface area contributed by atoms with Gasteiger partial charge in [0.15, 0.2) is 15.7 Å². The molecule has 3 heterocycles. The Kier molecular flexibility index (Phi) is 5.03. The van der Waals surface area contributed by atoms with E-state index in [4.69, 9.17) is 4.74 Å². The van der Waals surface area contributed by atoms with Crippen molar-refractivity contribution in [3.05, 3.63) is 48.7 Å². The van der Waals surface area contributed by atoms with Gasteiger partial charge in [0.2, 0.25) is 0 Å². The van der Waals surface area contributed by atoms with Crippen molar-refractivity contribution in [1.29, 1.82) is 0 Å². The summed E-state index contributed by atoms with van der Waals surface area (Å²) in [7, 11) is -1.43. The molecule has 0 atom stereocenters. The van der Waals surface area contributed by atoms with Crippen LogP contribution in [-0.4, -0.2) is 50.1 Å². The molecule has 3 aromatic rings. The van der Waals surface area contributed by atoms with Gasteiger partial charge >= 0.3 is 0 Å². The number of nitrogens with zero attached hydrogens (tertiary/aromatic N) is 3. The first-order chi connectivity index (χ1) is 13.5. The van der Waals surface area contributed by atoms with Gasteiger partial charge in [-0.05, 0) is 17.7 Å². The van der Waals surface area contributed by atoms with E-state index in [1.54, 1.807) is 6.20 Å². The number of halogens is 1. The van der Waals surface area contributed by atoms with Crippen LogP contribution in [-0.2, 0) is 9.84 Å². The van der Waals surface area contributed by atoms with Crippen LogP contribution in [0.15, 0.2) is 42.9 Å². The Labute approximate surface area is 166 Å². The molecule has 9 heteroatoms. The first-order valence-electron chi connectivity index (χ1n) is 8.66. The molecule has 0 N–H and O–H groups in total. The number of methoxy groups -OCH3 is 1. The maximum Gasteiger partial charge on any atom is 0.155 e. The van der Waals surface area contributed by atoms with Gasteiger partial charge in [0.1, 0.15) is 10.8 Å². The van der Waals surface area contributed by atoms with Gasteiger partial charge in [0.05, 0.1) is 41.4 Å². The van der Waals surface area contributed by atoms with Crippen LogP contribution >= 0.6 is 11.3 Å². The zero-order valence-electron chi connectivity index (χ0n) is 15.1. The first-order valence-corrected chi connectivity index (χ1v) is 11.3. The Morgan fingerprint density at radius 2 is 1.82 bits per heavy atom. The molecule has 0 unspecified atom stereocenters. The van der Waals surface area contributed by atoms with Crippen LogP contribution in [0.2, 0.25) is 0 Å². The largest absolute Gasteiger partial charge is 0.494 e. The molecule has 0 aliphatic carbocycles. The highest BCUT2D eigenvalue weighted by Crippen LogP contribution is 2.38. The Bertz CT molecular complexity index is 1080. The Balaban J connectivity index is 1.57. The number of hydrogen-bond donors (Lipinski definition) is 0. The number of aromatic nitrogens is 2. The second-order valence-corrected chi connectivity index (χ2v) is 9.75. The van der Waals surface area contributed by atoms with Gasteiger partial charge in [-0.2, -0.15) is 0 Å². The molecule has 1 saturated heterocycles. The van der Waals surface area contributed by atoms with Crippen molar-refractivity contribution in [2.45, 2.75) is 0 Å². The van der Waals surface area contributed by atoms with Crippen molar-refractivity contribution in [2.24, 2.45) is 0 Å². The monoisotopic (exact) mass is 419 g/mol. The van der Waals surface area contributed by atoms with Gasteiger partial charge in [-0.3, -0.25) is 4.98 Å². The summed E-state index contributed by atoms with van der Waals surface area (Å²) in [4.78, 5) is 11.1. The second-order valence-electron chi connectivity index (χ2n) is 6.41. The molecule has 28 heavy (non-hydrogen) atoms. The lowest BCUT2D eigenvalue weighted by atomic mass is 10.1. The van der Waals surface area contributed by atoms with Gasteiger partial charge in [-0.15, -0.1) is 11.3 Å². The van der Waals surface area contributed by atoms with E-state index in [1.165, 1.54) is 24.6 Å². The SMILES string of the molecule is COc1cncc(F)c1-c1ncc(-c2ccc(N3CCS(=O)(=O)CC3)cc2)s1. The zero-order valence-corrected chi connectivity index (χ0v) is 16.8. The quantitative estimate of drug-likeness (QED) is 0.646. The summed E-state index contributed by atoms with van der Waals surface area (Å²) in [6, 6.07) is 7.88. The molecule has 0 spiro atoms. The third-order valence-corrected chi connectivity index (χ3v) is 7.34. The predicted molar refractivity (Wildman–Crippen MR) is 108 cm³/mol. The fourth-order valence-corrected chi connectivity index (χ4v) is 5.28. The topological polar surface area (TPSA) is 72.4 Å². The van der Waals surface area contributed by atoms with Crippen LogP contribution in [0.25, 0.3) is 21.0 Å². The Morgan fingerprint density at radius 3 is 2.50 bits per heavy atom. The van der Waals surface area contributed by atoms with Gasteiger partial charge in [0, 0.05) is 25.0 Å². The fourth-order valence-electron chi connectivity index (χ4n) is 3.11. The summed E-state index contributed by atoms with van der Waals surface area (Å²) in [6.45, 7) is 1.01. The number of anilines is 1. The minimum Gasteiger partial charge on any atom is -0.494 e. The highest BCUT2D eigenvalue weighted by molar-refractivity contribution is 7.91. The van der Waals surface area contributed by atoms with E-state index in [0.29, 0.717) is 29.4 Å². The number of pyridine rings is 1. The third kappa shape index (κ3) is 3.72. The lowest BCUT2D eigenvalue weighted by molar-refractivity contribution is 0.411. The minimum atomic E-state index is -2.90. The van der Waals surface area contributed by atoms with E-state index >= 15 is 0 Å². The normalized spacial score (nSPS) is 16.1. The van der Waals surface area contributed by atoms with Crippen molar-refractivity contribution in [1.82, 2.24) is 9.97 Å². The zero-order chi connectivity index (χ0) is 19.7. The van der Waals surface area contributed by atoms with E-state index in [9.17, 15) is 12.8 Å². The molecule has 6 nitrogen and oxygen atoms in total. The molecule has 2 aromatic heterocycles. The fraction of sp³-hybridized carbons (Fsp3) is 0.263. The predicted octanol–water partition coefficient (Wildman–Crippen LogP) is 3.25. The van der Waals surface area contributed by atoms with E-state index in [2.05, 4.69) is 14.9 Å². The summed E-state index contributed by atoms with van der Waals surface area (Å²) in [6.07, 6.45) is 4.32. The highest BCUT2D eigenvalue weighted by atomic mass is 32.2. The number of hydrogen-bond acceptors (Lipinski definition) is 7. The summed E-state index contributed by atoms with van der Waals surface area (Å²) in [5.41, 5.74) is 2.26. The maximum absolute atomic E-state index is 14.2. The Morgan fingerprint density at radius 1 is 1.11 bits per heavy atom. The van der Waals surface area contributed by atoms with Gasteiger partial charge in [-0.1, -0.05) is 12.1 Å². The molecule has 0 saturated carbocycles. The molecule has 1 fully saturated rings. The van der Waals surface area contributed by atoms with Crippen LogP contribution in [0.3, 0.4) is 0 Å².